The van der Waals surface area contributed by atoms with Crippen LogP contribution in [0.5, 0.6) is 0 Å². The number of halogens is 3. The highest BCUT2D eigenvalue weighted by Crippen LogP contribution is 2.19. The SMILES string of the molecule is CC[C@H](C)n1ccc(COCCC(F)(F)F)n1. The third-order valence-corrected chi connectivity index (χ3v) is 2.49. The Hall–Kier alpha value is -1.04. The van der Waals surface area contributed by atoms with E-state index in [0.29, 0.717) is 11.7 Å². The predicted molar refractivity (Wildman–Crippen MR) is 57.6 cm³/mol. The van der Waals surface area contributed by atoms with Crippen LogP contribution in [-0.4, -0.2) is 22.6 Å². The zero-order chi connectivity index (χ0) is 12.9. The van der Waals surface area contributed by atoms with Crippen LogP contribution in [0.15, 0.2) is 12.3 Å². The zero-order valence-corrected chi connectivity index (χ0v) is 10.00. The van der Waals surface area contributed by atoms with Crippen molar-refractivity contribution in [2.75, 3.05) is 6.61 Å². The Morgan fingerprint density at radius 2 is 2.18 bits per heavy atom. The van der Waals surface area contributed by atoms with Gasteiger partial charge in [0.25, 0.3) is 0 Å². The molecule has 0 aliphatic carbocycles. The largest absolute Gasteiger partial charge is 0.391 e. The molecule has 1 aromatic rings. The second-order valence-electron chi connectivity index (χ2n) is 3.96. The summed E-state index contributed by atoms with van der Waals surface area (Å²) in [5.74, 6) is 0. The lowest BCUT2D eigenvalue weighted by Crippen LogP contribution is -2.11. The molecule has 0 spiro atoms. The molecule has 1 heterocycles. The van der Waals surface area contributed by atoms with Gasteiger partial charge in [-0.2, -0.15) is 18.3 Å². The number of rotatable bonds is 6. The molecule has 6 heteroatoms. The summed E-state index contributed by atoms with van der Waals surface area (Å²) in [6.07, 6.45) is -2.30. The molecule has 0 fully saturated rings. The number of hydrogen-bond acceptors (Lipinski definition) is 2. The van der Waals surface area contributed by atoms with Crippen LogP contribution in [0, 0.1) is 0 Å². The standard InChI is InChI=1S/C11H17F3N2O/c1-3-9(2)16-6-4-10(15-16)8-17-7-5-11(12,13)14/h4,6,9H,3,5,7-8H2,1-2H3/t9-/m0/s1. The lowest BCUT2D eigenvalue weighted by molar-refractivity contribution is -0.146. The van der Waals surface area contributed by atoms with Crippen molar-refractivity contribution in [1.29, 1.82) is 0 Å². The molecular formula is C11H17F3N2O. The highest BCUT2D eigenvalue weighted by Gasteiger charge is 2.26. The Morgan fingerprint density at radius 3 is 2.76 bits per heavy atom. The second kappa shape index (κ2) is 6.05. The molecule has 0 N–H and O–H groups in total. The summed E-state index contributed by atoms with van der Waals surface area (Å²) in [5.41, 5.74) is 0.660. The van der Waals surface area contributed by atoms with Crippen LogP contribution in [-0.2, 0) is 11.3 Å². The smallest absolute Gasteiger partial charge is 0.375 e. The van der Waals surface area contributed by atoms with E-state index in [-0.39, 0.29) is 13.2 Å². The van der Waals surface area contributed by atoms with Crippen molar-refractivity contribution in [3.05, 3.63) is 18.0 Å². The van der Waals surface area contributed by atoms with E-state index in [0.717, 1.165) is 6.42 Å². The van der Waals surface area contributed by atoms with Crippen LogP contribution in [0.3, 0.4) is 0 Å². The van der Waals surface area contributed by atoms with Crippen molar-refractivity contribution in [3.63, 3.8) is 0 Å². The van der Waals surface area contributed by atoms with Gasteiger partial charge in [0, 0.05) is 12.2 Å². The number of aromatic nitrogens is 2. The summed E-state index contributed by atoms with van der Waals surface area (Å²) in [6.45, 7) is 3.88. The molecule has 17 heavy (non-hydrogen) atoms. The number of ether oxygens (including phenoxy) is 1. The Balaban J connectivity index is 2.30. The maximum atomic E-state index is 11.8. The van der Waals surface area contributed by atoms with E-state index >= 15 is 0 Å². The number of nitrogens with zero attached hydrogens (tertiary/aromatic N) is 2. The Labute approximate surface area is 98.6 Å². The van der Waals surface area contributed by atoms with Gasteiger partial charge >= 0.3 is 6.18 Å². The molecule has 0 unspecified atom stereocenters. The maximum absolute atomic E-state index is 11.8. The van der Waals surface area contributed by atoms with Crippen LogP contribution >= 0.6 is 0 Å². The minimum absolute atomic E-state index is 0.125. The average Bonchev–Trinajstić information content (AvgIpc) is 2.70. The van der Waals surface area contributed by atoms with Crippen LogP contribution in [0.2, 0.25) is 0 Å². The van der Waals surface area contributed by atoms with E-state index in [2.05, 4.69) is 5.10 Å². The lowest BCUT2D eigenvalue weighted by atomic mass is 10.3. The van der Waals surface area contributed by atoms with Gasteiger partial charge in [0.15, 0.2) is 0 Å². The number of alkyl halides is 3. The molecule has 1 atom stereocenters. The summed E-state index contributed by atoms with van der Waals surface area (Å²) in [4.78, 5) is 0. The monoisotopic (exact) mass is 250 g/mol. The van der Waals surface area contributed by atoms with Crippen LogP contribution in [0.4, 0.5) is 13.2 Å². The van der Waals surface area contributed by atoms with Crippen LogP contribution in [0.1, 0.15) is 38.4 Å². The van der Waals surface area contributed by atoms with Crippen molar-refractivity contribution in [3.8, 4) is 0 Å². The highest BCUT2D eigenvalue weighted by atomic mass is 19.4. The molecule has 1 aromatic heterocycles. The predicted octanol–water partition coefficient (Wildman–Crippen LogP) is 3.32. The van der Waals surface area contributed by atoms with Crippen molar-refractivity contribution in [2.45, 2.75) is 45.5 Å². The van der Waals surface area contributed by atoms with E-state index in [4.69, 9.17) is 4.74 Å². The first kappa shape index (κ1) is 14.0. The summed E-state index contributed by atoms with van der Waals surface area (Å²) in [6, 6.07) is 2.05. The molecule has 0 saturated heterocycles. The third-order valence-electron chi connectivity index (χ3n) is 2.49. The molecule has 98 valence electrons. The Morgan fingerprint density at radius 1 is 1.47 bits per heavy atom. The van der Waals surface area contributed by atoms with Crippen molar-refractivity contribution in [1.82, 2.24) is 9.78 Å². The van der Waals surface area contributed by atoms with Gasteiger partial charge in [-0.1, -0.05) is 6.92 Å². The van der Waals surface area contributed by atoms with Crippen LogP contribution in [0.25, 0.3) is 0 Å². The van der Waals surface area contributed by atoms with Crippen LogP contribution < -0.4 is 0 Å². The van der Waals surface area contributed by atoms with Gasteiger partial charge in [-0.15, -0.1) is 0 Å². The topological polar surface area (TPSA) is 27.1 Å². The maximum Gasteiger partial charge on any atom is 0.391 e. The molecule has 0 bridgehead atoms. The molecule has 0 aliphatic rings. The van der Waals surface area contributed by atoms with Gasteiger partial charge < -0.3 is 4.74 Å². The van der Waals surface area contributed by atoms with Gasteiger partial charge in [-0.3, -0.25) is 4.68 Å². The van der Waals surface area contributed by atoms with Gasteiger partial charge in [0.1, 0.15) is 0 Å². The molecule has 0 aromatic carbocycles. The van der Waals surface area contributed by atoms with E-state index < -0.39 is 12.6 Å². The molecule has 3 nitrogen and oxygen atoms in total. The van der Waals surface area contributed by atoms with E-state index in [1.807, 2.05) is 20.0 Å². The molecule has 0 amide bonds. The van der Waals surface area contributed by atoms with Gasteiger partial charge in [-0.05, 0) is 19.4 Å². The zero-order valence-electron chi connectivity index (χ0n) is 10.00. The molecule has 0 saturated carbocycles. The lowest BCUT2D eigenvalue weighted by Gasteiger charge is -2.08. The Bertz CT molecular complexity index is 336. The first-order valence-electron chi connectivity index (χ1n) is 5.61. The van der Waals surface area contributed by atoms with E-state index in [1.54, 1.807) is 10.7 Å². The van der Waals surface area contributed by atoms with Gasteiger partial charge in [0.2, 0.25) is 0 Å². The molecule has 0 radical (unpaired) electrons. The molecular weight excluding hydrogens is 233 g/mol. The van der Waals surface area contributed by atoms with E-state index in [1.165, 1.54) is 0 Å². The highest BCUT2D eigenvalue weighted by molar-refractivity contribution is 4.97. The minimum atomic E-state index is -4.16. The van der Waals surface area contributed by atoms with Crippen molar-refractivity contribution >= 4 is 0 Å². The molecule has 0 aliphatic heterocycles. The summed E-state index contributed by atoms with van der Waals surface area (Å²) in [7, 11) is 0. The van der Waals surface area contributed by atoms with Gasteiger partial charge in [0.05, 0.1) is 25.3 Å². The quantitative estimate of drug-likeness (QED) is 0.724. The van der Waals surface area contributed by atoms with Gasteiger partial charge in [-0.25, -0.2) is 0 Å². The number of hydrogen-bond donors (Lipinski definition) is 0. The van der Waals surface area contributed by atoms with Crippen molar-refractivity contribution in [2.24, 2.45) is 0 Å². The fourth-order valence-corrected chi connectivity index (χ4v) is 1.25. The normalized spacial score (nSPS) is 13.9. The first-order chi connectivity index (χ1) is 7.92. The molecule has 1 rings (SSSR count). The first-order valence-corrected chi connectivity index (χ1v) is 5.61. The second-order valence-corrected chi connectivity index (χ2v) is 3.96. The summed E-state index contributed by atoms with van der Waals surface area (Å²) < 4.78 is 42.2. The fourth-order valence-electron chi connectivity index (χ4n) is 1.25. The summed E-state index contributed by atoms with van der Waals surface area (Å²) >= 11 is 0. The Kier molecular flexibility index (Phi) is 4.99. The van der Waals surface area contributed by atoms with Crippen molar-refractivity contribution < 1.29 is 17.9 Å². The average molecular weight is 250 g/mol. The minimum Gasteiger partial charge on any atom is -0.375 e. The van der Waals surface area contributed by atoms with E-state index in [9.17, 15) is 13.2 Å². The summed E-state index contributed by atoms with van der Waals surface area (Å²) in [5, 5.41) is 4.23. The fraction of sp³-hybridized carbons (Fsp3) is 0.727. The third kappa shape index (κ3) is 5.21.